The van der Waals surface area contributed by atoms with Crippen LogP contribution in [0.1, 0.15) is 39.3 Å². The summed E-state index contributed by atoms with van der Waals surface area (Å²) in [6.45, 7) is 5.64. The van der Waals surface area contributed by atoms with Crippen molar-refractivity contribution in [3.8, 4) is 12.3 Å². The molecule has 0 atom stereocenters. The molecule has 0 saturated heterocycles. The normalized spacial score (nSPS) is 13.9. The van der Waals surface area contributed by atoms with Gasteiger partial charge < -0.3 is 20.9 Å². The highest BCUT2D eigenvalue weighted by atomic mass is 16.2. The van der Waals surface area contributed by atoms with Crippen LogP contribution in [0.25, 0.3) is 11.6 Å². The third-order valence-electron chi connectivity index (χ3n) is 4.74. The largest absolute Gasteiger partial charge is 0.358 e. The number of aromatic nitrogens is 1. The Morgan fingerprint density at radius 2 is 2.00 bits per heavy atom. The lowest BCUT2D eigenvalue weighted by Gasteiger charge is -2.07. The number of hydrogen-bond acceptors (Lipinski definition) is 3. The van der Waals surface area contributed by atoms with Crippen LogP contribution in [-0.2, 0) is 4.79 Å². The molecule has 1 aromatic carbocycles. The van der Waals surface area contributed by atoms with Gasteiger partial charge in [-0.1, -0.05) is 18.2 Å². The summed E-state index contributed by atoms with van der Waals surface area (Å²) in [6.07, 6.45) is 7.68. The number of carbonyl (C=O) groups excluding carboxylic acids is 2. The molecule has 2 aromatic rings. The van der Waals surface area contributed by atoms with Gasteiger partial charge in [-0.05, 0) is 31.6 Å². The number of nitrogens with one attached hydrogen (secondary N) is 4. The van der Waals surface area contributed by atoms with Crippen LogP contribution >= 0.6 is 0 Å². The lowest BCUT2D eigenvalue weighted by molar-refractivity contribution is -0.110. The molecule has 0 bridgehead atoms. The first-order valence-electron chi connectivity index (χ1n) is 9.27. The van der Waals surface area contributed by atoms with Crippen molar-refractivity contribution in [1.82, 2.24) is 15.6 Å². The Morgan fingerprint density at radius 3 is 2.79 bits per heavy atom. The summed E-state index contributed by atoms with van der Waals surface area (Å²) in [4.78, 5) is 28.2. The third kappa shape index (κ3) is 4.00. The van der Waals surface area contributed by atoms with Gasteiger partial charge in [0.1, 0.15) is 0 Å². The lowest BCUT2D eigenvalue weighted by Crippen LogP contribution is -2.32. The van der Waals surface area contributed by atoms with Gasteiger partial charge in [0.2, 0.25) is 0 Å². The van der Waals surface area contributed by atoms with Crippen LogP contribution in [0.3, 0.4) is 0 Å². The van der Waals surface area contributed by atoms with Crippen molar-refractivity contribution >= 4 is 29.2 Å². The molecule has 0 radical (unpaired) electrons. The number of rotatable bonds is 7. The van der Waals surface area contributed by atoms with Crippen molar-refractivity contribution in [1.29, 1.82) is 0 Å². The van der Waals surface area contributed by atoms with Crippen molar-refractivity contribution in [2.24, 2.45) is 0 Å². The maximum atomic E-state index is 12.6. The van der Waals surface area contributed by atoms with Crippen LogP contribution in [0, 0.1) is 26.2 Å². The average molecular weight is 376 g/mol. The number of anilines is 1. The highest BCUT2D eigenvalue weighted by Crippen LogP contribution is 2.33. The van der Waals surface area contributed by atoms with E-state index in [1.165, 1.54) is 0 Å². The van der Waals surface area contributed by atoms with Crippen molar-refractivity contribution in [2.45, 2.75) is 20.3 Å². The lowest BCUT2D eigenvalue weighted by atomic mass is 10.0. The zero-order chi connectivity index (χ0) is 20.1. The summed E-state index contributed by atoms with van der Waals surface area (Å²) in [7, 11) is 0. The molecule has 144 valence electrons. The van der Waals surface area contributed by atoms with E-state index in [1.807, 2.05) is 44.2 Å². The Bertz CT molecular complexity index is 979. The third-order valence-corrected chi connectivity index (χ3v) is 4.74. The highest BCUT2D eigenvalue weighted by Gasteiger charge is 2.25. The first-order chi connectivity index (χ1) is 13.5. The molecule has 6 heteroatoms. The topological polar surface area (TPSA) is 86.0 Å². The van der Waals surface area contributed by atoms with Crippen LogP contribution in [-0.4, -0.2) is 36.4 Å². The second-order valence-corrected chi connectivity index (χ2v) is 6.68. The average Bonchev–Trinajstić information content (AvgIpc) is 3.14. The maximum Gasteiger partial charge on any atom is 0.256 e. The van der Waals surface area contributed by atoms with Gasteiger partial charge in [-0.25, -0.2) is 0 Å². The standard InChI is InChI=1S/C22H24N4O2/c1-4-5-10-23-11-12-24-22(28)20-14(2)19(25-15(20)3)13-17-16-8-6-7-9-18(16)26-21(17)27/h1,6-9,13,23,25H,5,10-12H2,2-3H3,(H,24,28)(H,26,27). The fraction of sp³-hybridized carbons (Fsp3) is 0.273. The second-order valence-electron chi connectivity index (χ2n) is 6.68. The molecule has 0 fully saturated rings. The molecule has 1 aliphatic heterocycles. The van der Waals surface area contributed by atoms with Crippen molar-refractivity contribution in [3.05, 3.63) is 52.3 Å². The second kappa shape index (κ2) is 8.59. The molecule has 4 N–H and O–H groups in total. The highest BCUT2D eigenvalue weighted by molar-refractivity contribution is 6.34. The number of H-pyrrole nitrogens is 1. The van der Waals surface area contributed by atoms with E-state index >= 15 is 0 Å². The van der Waals surface area contributed by atoms with Gasteiger partial charge in [-0.2, -0.15) is 0 Å². The van der Waals surface area contributed by atoms with Gasteiger partial charge in [-0.15, -0.1) is 12.3 Å². The summed E-state index contributed by atoms with van der Waals surface area (Å²) < 4.78 is 0. The van der Waals surface area contributed by atoms with Gasteiger partial charge in [0.25, 0.3) is 11.8 Å². The fourth-order valence-electron chi connectivity index (χ4n) is 3.32. The van der Waals surface area contributed by atoms with E-state index in [2.05, 4.69) is 26.9 Å². The molecule has 0 aliphatic carbocycles. The molecule has 1 aromatic heterocycles. The Kier molecular flexibility index (Phi) is 5.97. The minimum atomic E-state index is -0.142. The number of aromatic amines is 1. The van der Waals surface area contributed by atoms with Gasteiger partial charge in [-0.3, -0.25) is 9.59 Å². The Morgan fingerprint density at radius 1 is 1.21 bits per heavy atom. The number of hydrogen-bond donors (Lipinski definition) is 4. The fourth-order valence-corrected chi connectivity index (χ4v) is 3.32. The number of fused-ring (bicyclic) bond motifs is 1. The van der Waals surface area contributed by atoms with Crippen molar-refractivity contribution in [3.63, 3.8) is 0 Å². The first kappa shape index (κ1) is 19.5. The van der Waals surface area contributed by atoms with Crippen LogP contribution < -0.4 is 16.0 Å². The zero-order valence-electron chi connectivity index (χ0n) is 16.1. The molecule has 0 spiro atoms. The van der Waals surface area contributed by atoms with Crippen LogP contribution in [0.5, 0.6) is 0 Å². The van der Waals surface area contributed by atoms with E-state index in [4.69, 9.17) is 6.42 Å². The predicted octanol–water partition coefficient (Wildman–Crippen LogP) is 2.47. The van der Waals surface area contributed by atoms with E-state index in [0.717, 1.165) is 34.7 Å². The van der Waals surface area contributed by atoms with Gasteiger partial charge in [0.05, 0.1) is 11.1 Å². The van der Waals surface area contributed by atoms with Gasteiger partial charge in [0.15, 0.2) is 0 Å². The molecule has 1 aliphatic rings. The molecule has 6 nitrogen and oxygen atoms in total. The van der Waals surface area contributed by atoms with E-state index in [0.29, 0.717) is 30.6 Å². The van der Waals surface area contributed by atoms with E-state index in [9.17, 15) is 9.59 Å². The minimum Gasteiger partial charge on any atom is -0.358 e. The van der Waals surface area contributed by atoms with Crippen molar-refractivity contribution < 1.29 is 9.59 Å². The first-order valence-corrected chi connectivity index (χ1v) is 9.27. The molecule has 28 heavy (non-hydrogen) atoms. The SMILES string of the molecule is C#CCCNCCNC(=O)c1c(C)[nH]c(C=C2C(=O)Nc3ccccc32)c1C. The quantitative estimate of drug-likeness (QED) is 0.340. The molecular weight excluding hydrogens is 352 g/mol. The van der Waals surface area contributed by atoms with Crippen molar-refractivity contribution in [2.75, 3.05) is 25.0 Å². The minimum absolute atomic E-state index is 0.133. The van der Waals surface area contributed by atoms with Crippen LogP contribution in [0.2, 0.25) is 0 Å². The van der Waals surface area contributed by atoms with Gasteiger partial charge in [0, 0.05) is 48.7 Å². The number of amides is 2. The molecule has 0 unspecified atom stereocenters. The summed E-state index contributed by atoms with van der Waals surface area (Å²) in [5.74, 6) is 2.29. The maximum absolute atomic E-state index is 12.6. The summed E-state index contributed by atoms with van der Waals surface area (Å²) in [6, 6.07) is 7.56. The van der Waals surface area contributed by atoms with E-state index in [1.54, 1.807) is 0 Å². The Hall–Kier alpha value is -3.30. The van der Waals surface area contributed by atoms with Crippen LogP contribution in [0.15, 0.2) is 24.3 Å². The molecule has 3 rings (SSSR count). The molecule has 2 heterocycles. The van der Waals surface area contributed by atoms with E-state index < -0.39 is 0 Å². The number of para-hydroxylation sites is 1. The Labute approximate surface area is 164 Å². The van der Waals surface area contributed by atoms with Crippen LogP contribution in [0.4, 0.5) is 5.69 Å². The molecule has 2 amide bonds. The summed E-state index contributed by atoms with van der Waals surface area (Å²) in [5.41, 5.74) is 5.22. The number of carbonyl (C=O) groups is 2. The molecule has 0 saturated carbocycles. The predicted molar refractivity (Wildman–Crippen MR) is 112 cm³/mol. The zero-order valence-corrected chi connectivity index (χ0v) is 16.1. The van der Waals surface area contributed by atoms with E-state index in [-0.39, 0.29) is 11.8 Å². The number of benzene rings is 1. The number of terminal acetylenes is 1. The summed E-state index contributed by atoms with van der Waals surface area (Å²) in [5, 5.41) is 8.95. The smallest absolute Gasteiger partial charge is 0.256 e. The van der Waals surface area contributed by atoms with Gasteiger partial charge >= 0.3 is 0 Å². The molecular formula is C22H24N4O2. The summed E-state index contributed by atoms with van der Waals surface area (Å²) >= 11 is 0. The Balaban J connectivity index is 1.75. The number of aryl methyl sites for hydroxylation is 1. The monoisotopic (exact) mass is 376 g/mol.